The second-order valence-electron chi connectivity index (χ2n) is 7.27. The predicted octanol–water partition coefficient (Wildman–Crippen LogP) is 4.15. The second-order valence-corrected chi connectivity index (χ2v) is 8.32. The van der Waals surface area contributed by atoms with Gasteiger partial charge in [-0.25, -0.2) is 14.1 Å². The molecule has 3 heterocycles. The number of fused-ring (bicyclic) bond motifs is 1. The maximum atomic E-state index is 13.8. The number of halogens is 1. The number of carbonyl (C=O) groups excluding carboxylic acids is 2. The summed E-state index contributed by atoms with van der Waals surface area (Å²) >= 11 is 1.33. The monoisotopic (exact) mass is 436 g/mol. The minimum absolute atomic E-state index is 0.0306. The summed E-state index contributed by atoms with van der Waals surface area (Å²) in [4.78, 5) is 33.3. The Morgan fingerprint density at radius 2 is 2.00 bits per heavy atom. The Hall–Kier alpha value is -3.46. The normalized spacial score (nSPS) is 20.5. The van der Waals surface area contributed by atoms with E-state index in [0.717, 1.165) is 16.0 Å². The molecule has 1 fully saturated rings. The van der Waals surface area contributed by atoms with Gasteiger partial charge in [0.25, 0.3) is 5.91 Å². The van der Waals surface area contributed by atoms with Gasteiger partial charge in [-0.1, -0.05) is 41.6 Å². The fourth-order valence-corrected chi connectivity index (χ4v) is 4.81. The summed E-state index contributed by atoms with van der Waals surface area (Å²) in [6.07, 6.45) is 1.81. The van der Waals surface area contributed by atoms with Crippen molar-refractivity contribution in [3.05, 3.63) is 77.3 Å². The first-order chi connectivity index (χ1) is 15.0. The van der Waals surface area contributed by atoms with Gasteiger partial charge < -0.3 is 9.42 Å². The Morgan fingerprint density at radius 3 is 2.81 bits per heavy atom. The first-order valence-corrected chi connectivity index (χ1v) is 10.6. The first kappa shape index (κ1) is 19.5. The molecule has 0 saturated carbocycles. The third-order valence-corrected chi connectivity index (χ3v) is 6.39. The maximum Gasteiger partial charge on any atom is 0.332 e. The lowest BCUT2D eigenvalue weighted by atomic mass is 10.1. The molecular weight excluding hydrogens is 419 g/mol. The van der Waals surface area contributed by atoms with Crippen LogP contribution < -0.4 is 4.90 Å². The summed E-state index contributed by atoms with van der Waals surface area (Å²) in [5.74, 6) is -0.213. The van der Waals surface area contributed by atoms with Crippen molar-refractivity contribution in [2.45, 2.75) is 24.8 Å². The zero-order valence-corrected chi connectivity index (χ0v) is 17.3. The number of rotatable bonds is 4. The SMILES string of the molecule is Cc1ccccc1-c1noc(CN2C(=O)N(c3cccc(F)c3)C(=O)C3SC=CC32)n1. The summed E-state index contributed by atoms with van der Waals surface area (Å²) in [6.45, 7) is 1.98. The number of aryl methyl sites for hydroxylation is 1. The van der Waals surface area contributed by atoms with Crippen LogP contribution in [0.4, 0.5) is 14.9 Å². The molecule has 1 saturated heterocycles. The van der Waals surface area contributed by atoms with Gasteiger partial charge in [0.05, 0.1) is 11.7 Å². The Kier molecular flexibility index (Phi) is 4.82. The number of hydrogen-bond acceptors (Lipinski definition) is 6. The summed E-state index contributed by atoms with van der Waals surface area (Å²) in [7, 11) is 0. The van der Waals surface area contributed by atoms with Crippen LogP contribution in [0.15, 0.2) is 64.5 Å². The second kappa shape index (κ2) is 7.66. The lowest BCUT2D eigenvalue weighted by molar-refractivity contribution is -0.119. The van der Waals surface area contributed by atoms with Gasteiger partial charge in [0.1, 0.15) is 17.6 Å². The Labute approximate surface area is 181 Å². The fraction of sp³-hybridized carbons (Fsp3) is 0.182. The lowest BCUT2D eigenvalue weighted by Gasteiger charge is -2.40. The van der Waals surface area contributed by atoms with Crippen molar-refractivity contribution in [1.82, 2.24) is 15.0 Å². The van der Waals surface area contributed by atoms with Crippen molar-refractivity contribution in [2.75, 3.05) is 4.90 Å². The van der Waals surface area contributed by atoms with Gasteiger partial charge in [0, 0.05) is 5.56 Å². The smallest absolute Gasteiger partial charge is 0.332 e. The number of hydrogen-bond donors (Lipinski definition) is 0. The van der Waals surface area contributed by atoms with Gasteiger partial charge in [-0.2, -0.15) is 4.98 Å². The predicted molar refractivity (Wildman–Crippen MR) is 114 cm³/mol. The van der Waals surface area contributed by atoms with Crippen molar-refractivity contribution in [3.8, 4) is 11.4 Å². The van der Waals surface area contributed by atoms with Crippen LogP contribution in [0.2, 0.25) is 0 Å². The zero-order valence-electron chi connectivity index (χ0n) is 16.4. The Balaban J connectivity index is 1.47. The molecule has 156 valence electrons. The van der Waals surface area contributed by atoms with E-state index in [4.69, 9.17) is 4.52 Å². The molecule has 1 aromatic heterocycles. The molecule has 0 N–H and O–H groups in total. The summed E-state index contributed by atoms with van der Waals surface area (Å²) in [6, 6.07) is 12.1. The molecule has 7 nitrogen and oxygen atoms in total. The Bertz CT molecular complexity index is 1210. The van der Waals surface area contributed by atoms with Gasteiger partial charge in [0.15, 0.2) is 0 Å². The minimum atomic E-state index is -0.556. The van der Waals surface area contributed by atoms with Crippen LogP contribution in [-0.2, 0) is 11.3 Å². The van der Waals surface area contributed by atoms with Crippen molar-refractivity contribution >= 4 is 29.4 Å². The molecule has 5 rings (SSSR count). The summed E-state index contributed by atoms with van der Waals surface area (Å²) in [5.41, 5.74) is 2.03. The molecule has 0 radical (unpaired) electrons. The highest BCUT2D eigenvalue weighted by Gasteiger charge is 2.48. The van der Waals surface area contributed by atoms with Crippen LogP contribution >= 0.6 is 11.8 Å². The van der Waals surface area contributed by atoms with Crippen molar-refractivity contribution < 1.29 is 18.5 Å². The molecule has 3 aromatic rings. The number of carbonyl (C=O) groups is 2. The van der Waals surface area contributed by atoms with Crippen molar-refractivity contribution in [3.63, 3.8) is 0 Å². The Morgan fingerprint density at radius 1 is 1.16 bits per heavy atom. The maximum absolute atomic E-state index is 13.8. The van der Waals surface area contributed by atoms with Crippen molar-refractivity contribution in [2.24, 2.45) is 0 Å². The molecule has 0 aliphatic carbocycles. The number of nitrogens with zero attached hydrogens (tertiary/aromatic N) is 4. The van der Waals surface area contributed by atoms with Gasteiger partial charge in [-0.3, -0.25) is 4.79 Å². The highest BCUT2D eigenvalue weighted by Crippen LogP contribution is 2.37. The number of thioether (sulfide) groups is 1. The van der Waals surface area contributed by atoms with Gasteiger partial charge >= 0.3 is 6.03 Å². The fourth-order valence-electron chi connectivity index (χ4n) is 3.76. The van der Waals surface area contributed by atoms with Crippen LogP contribution in [0.1, 0.15) is 11.5 Å². The number of anilines is 1. The molecular formula is C22H17FN4O3S. The number of benzene rings is 2. The summed E-state index contributed by atoms with van der Waals surface area (Å²) in [5, 5.41) is 5.34. The molecule has 2 aromatic carbocycles. The van der Waals surface area contributed by atoms with E-state index < -0.39 is 23.1 Å². The quantitative estimate of drug-likeness (QED) is 0.611. The molecule has 0 spiro atoms. The minimum Gasteiger partial charge on any atom is -0.337 e. The van der Waals surface area contributed by atoms with E-state index in [1.165, 1.54) is 40.9 Å². The molecule has 0 bridgehead atoms. The highest BCUT2D eigenvalue weighted by molar-refractivity contribution is 8.03. The van der Waals surface area contributed by atoms with Crippen LogP contribution in [0.5, 0.6) is 0 Å². The molecule has 2 aliphatic heterocycles. The van der Waals surface area contributed by atoms with E-state index in [-0.39, 0.29) is 24.0 Å². The number of urea groups is 1. The third kappa shape index (κ3) is 3.40. The van der Waals surface area contributed by atoms with Crippen LogP contribution in [0.25, 0.3) is 11.4 Å². The standard InChI is InChI=1S/C22H17FN4O3S/c1-13-5-2-3-8-16(13)20-24-18(30-25-20)12-26-17-9-10-31-19(17)21(28)27(22(26)29)15-7-4-6-14(23)11-15/h2-11,17,19H,12H2,1H3. The van der Waals surface area contributed by atoms with Gasteiger partial charge in [0.2, 0.25) is 11.7 Å². The molecule has 2 aliphatic rings. The zero-order chi connectivity index (χ0) is 21.5. The van der Waals surface area contributed by atoms with Gasteiger partial charge in [-0.05, 0) is 36.1 Å². The molecule has 9 heteroatoms. The first-order valence-electron chi connectivity index (χ1n) is 9.64. The van der Waals surface area contributed by atoms with Crippen molar-refractivity contribution in [1.29, 1.82) is 0 Å². The third-order valence-electron chi connectivity index (χ3n) is 5.30. The molecule has 2 unspecified atom stereocenters. The van der Waals surface area contributed by atoms with E-state index in [1.54, 1.807) is 5.41 Å². The van der Waals surface area contributed by atoms with E-state index in [2.05, 4.69) is 10.1 Å². The number of amides is 3. The molecule has 31 heavy (non-hydrogen) atoms. The van der Waals surface area contributed by atoms with E-state index in [0.29, 0.717) is 5.82 Å². The summed E-state index contributed by atoms with van der Waals surface area (Å²) < 4.78 is 19.2. The van der Waals surface area contributed by atoms with Crippen LogP contribution in [-0.4, -0.2) is 38.3 Å². The molecule has 2 atom stereocenters. The van der Waals surface area contributed by atoms with E-state index >= 15 is 0 Å². The lowest BCUT2D eigenvalue weighted by Crippen LogP contribution is -2.61. The topological polar surface area (TPSA) is 79.5 Å². The van der Waals surface area contributed by atoms with E-state index in [1.807, 2.05) is 37.3 Å². The molecule has 3 amide bonds. The average molecular weight is 436 g/mol. The number of aromatic nitrogens is 2. The highest BCUT2D eigenvalue weighted by atomic mass is 32.2. The van der Waals surface area contributed by atoms with Crippen LogP contribution in [0, 0.1) is 12.7 Å². The largest absolute Gasteiger partial charge is 0.337 e. The van der Waals surface area contributed by atoms with Gasteiger partial charge in [-0.15, -0.1) is 11.8 Å². The van der Waals surface area contributed by atoms with Crippen LogP contribution in [0.3, 0.4) is 0 Å². The van der Waals surface area contributed by atoms with E-state index in [9.17, 15) is 14.0 Å². The average Bonchev–Trinajstić information content (AvgIpc) is 3.42. The number of imide groups is 1.